The van der Waals surface area contributed by atoms with E-state index in [2.05, 4.69) is 31.4 Å². The summed E-state index contributed by atoms with van der Waals surface area (Å²) in [5, 5.41) is -1.04. The van der Waals surface area contributed by atoms with Crippen LogP contribution < -0.4 is 28.7 Å². The summed E-state index contributed by atoms with van der Waals surface area (Å²) in [6, 6.07) is 22.2. The maximum atomic E-state index is 13.6. The van der Waals surface area contributed by atoms with Gasteiger partial charge in [-0.05, 0) is 210 Å². The van der Waals surface area contributed by atoms with E-state index in [9.17, 15) is 45.6 Å². The van der Waals surface area contributed by atoms with Gasteiger partial charge in [-0.2, -0.15) is 0 Å². The van der Waals surface area contributed by atoms with Crippen molar-refractivity contribution in [2.45, 2.75) is 150 Å². The number of benzene rings is 4. The number of carbonyl (C=O) groups excluding carboxylic acids is 6. The molecule has 8 aliphatic rings. The van der Waals surface area contributed by atoms with Crippen LogP contribution in [-0.2, 0) is 91.3 Å². The quantitative estimate of drug-likeness (QED) is 0.0758. The van der Waals surface area contributed by atoms with E-state index in [0.717, 1.165) is 64.2 Å². The summed E-state index contributed by atoms with van der Waals surface area (Å²) in [6.45, 7) is 6.96. The van der Waals surface area contributed by atoms with Gasteiger partial charge < -0.3 is 47.7 Å². The van der Waals surface area contributed by atoms with E-state index in [-0.39, 0.29) is 84.9 Å². The van der Waals surface area contributed by atoms with Gasteiger partial charge in [0, 0.05) is 58.2 Å². The lowest BCUT2D eigenvalue weighted by atomic mass is 9.68. The lowest BCUT2D eigenvalue weighted by Gasteiger charge is -2.46. The molecule has 0 unspecified atom stereocenters. The Morgan fingerprint density at radius 2 is 0.980 bits per heavy atom. The van der Waals surface area contributed by atoms with Crippen LogP contribution in [0.3, 0.4) is 0 Å². The number of hydrogen-bond donors (Lipinski definition) is 2. The number of anilines is 2. The Morgan fingerprint density at radius 3 is 1.36 bits per heavy atom. The van der Waals surface area contributed by atoms with Crippen molar-refractivity contribution >= 4 is 90.3 Å². The second-order valence-electron chi connectivity index (χ2n) is 27.5. The van der Waals surface area contributed by atoms with Crippen molar-refractivity contribution in [1.29, 1.82) is 0 Å². The zero-order valence-corrected chi connectivity index (χ0v) is 60.2. The molecule has 4 aliphatic heterocycles. The molecule has 540 valence electrons. The Labute approximate surface area is 595 Å². The zero-order valence-electron chi connectivity index (χ0n) is 57.1. The third-order valence-corrected chi connectivity index (χ3v) is 25.2. The largest absolute Gasteiger partial charge is 0.490 e. The first-order valence-corrected chi connectivity index (χ1v) is 38.6. The van der Waals surface area contributed by atoms with Crippen LogP contribution in [0.25, 0.3) is 0 Å². The molecule has 2 amide bonds. The molecule has 0 saturated heterocycles. The highest BCUT2D eigenvalue weighted by molar-refractivity contribution is 7.91. The van der Waals surface area contributed by atoms with Crippen molar-refractivity contribution in [3.05, 3.63) is 141 Å². The number of halogens is 2. The molecule has 4 aromatic rings. The van der Waals surface area contributed by atoms with E-state index in [4.69, 9.17) is 61.1 Å². The van der Waals surface area contributed by atoms with Gasteiger partial charge in [0.15, 0.2) is 0 Å². The van der Waals surface area contributed by atoms with Gasteiger partial charge in [0.25, 0.3) is 11.8 Å². The lowest BCUT2D eigenvalue weighted by Crippen LogP contribution is -2.50. The maximum Gasteiger partial charge on any atom is 0.332 e. The molecular weight excluding hydrogens is 1370 g/mol. The zero-order chi connectivity index (χ0) is 70.9. The van der Waals surface area contributed by atoms with Gasteiger partial charge in [-0.3, -0.25) is 19.2 Å². The highest BCUT2D eigenvalue weighted by Gasteiger charge is 2.48. The number of allylic oxidation sites excluding steroid dienone is 2. The minimum Gasteiger partial charge on any atom is -0.490 e. The van der Waals surface area contributed by atoms with E-state index < -0.39 is 91.3 Å². The molecule has 0 radical (unpaired) electrons. The number of nitrogens with zero attached hydrogens (tertiary/aromatic N) is 2. The number of hydrogen-bond acceptors (Lipinski definition) is 20. The molecule has 4 bridgehead atoms. The minimum atomic E-state index is -4.29. The normalized spacial score (nSPS) is 28.1. The van der Waals surface area contributed by atoms with Crippen LogP contribution in [0.4, 0.5) is 11.4 Å². The average molecular weight is 1460 g/mol. The SMILES string of the molecule is CCOC(=O)CO[C@H]1/C=C/CC[C@@H](CC(=O)OC)S(=O)(=O)NC(=O)c2ccc3c(c2)N(C[C@@H]2CC[C@H]21)C[C@@]1(CCCc2cc(Cl)ccc21)CO3.CCOC(=O)CO[C@H]1/C=C/CC[C@H](CC(=O)OC)S(=O)(=O)NC(=O)c2ccc3c(c2)N(C[C@@H]2CC[C@H]21)C[C@@]1(CCCc2cc(Cl)ccc21)CO3. The number of rotatable bonds is 12. The number of nitrogens with one attached hydrogen (secondary N) is 2. The Balaban J connectivity index is 0.000000202. The van der Waals surface area contributed by atoms with Crippen molar-refractivity contribution in [3.63, 3.8) is 0 Å². The Bertz CT molecular complexity index is 3750. The Morgan fingerprint density at radius 1 is 0.560 bits per heavy atom. The van der Waals surface area contributed by atoms with Gasteiger partial charge in [0.1, 0.15) is 24.7 Å². The van der Waals surface area contributed by atoms with Crippen molar-refractivity contribution in [1.82, 2.24) is 9.44 Å². The Kier molecular flexibility index (Phi) is 24.0. The number of ether oxygens (including phenoxy) is 8. The number of fused-ring (bicyclic) bond motifs is 8. The third kappa shape index (κ3) is 17.1. The maximum absolute atomic E-state index is 13.6. The molecule has 10 atom stereocenters. The van der Waals surface area contributed by atoms with Crippen molar-refractivity contribution in [2.24, 2.45) is 23.7 Å². The molecule has 4 aromatic carbocycles. The fourth-order valence-electron chi connectivity index (χ4n) is 15.8. The molecule has 2 fully saturated rings. The number of esters is 4. The monoisotopic (exact) mass is 1460 g/mol. The molecule has 0 aromatic heterocycles. The van der Waals surface area contributed by atoms with Crippen LogP contribution in [0, 0.1) is 23.7 Å². The first-order valence-electron chi connectivity index (χ1n) is 34.8. The molecule has 2 saturated carbocycles. The van der Waals surface area contributed by atoms with Crippen LogP contribution in [0.1, 0.15) is 147 Å². The smallest absolute Gasteiger partial charge is 0.332 e. The molecule has 4 heterocycles. The fourth-order valence-corrected chi connectivity index (χ4v) is 18.9. The lowest BCUT2D eigenvalue weighted by molar-refractivity contribution is -0.152. The van der Waals surface area contributed by atoms with E-state index in [1.54, 1.807) is 50.2 Å². The summed E-state index contributed by atoms with van der Waals surface area (Å²) in [5.41, 5.74) is 5.88. The summed E-state index contributed by atoms with van der Waals surface area (Å²) in [6.07, 6.45) is 15.8. The van der Waals surface area contributed by atoms with E-state index in [0.29, 0.717) is 85.2 Å². The molecule has 4 aliphatic carbocycles. The summed E-state index contributed by atoms with van der Waals surface area (Å²) in [7, 11) is -6.19. The van der Waals surface area contributed by atoms with Crippen molar-refractivity contribution < 1.29 is 83.5 Å². The predicted molar refractivity (Wildman–Crippen MR) is 376 cm³/mol. The van der Waals surface area contributed by atoms with Gasteiger partial charge in [0.05, 0.1) is 87.6 Å². The summed E-state index contributed by atoms with van der Waals surface area (Å²) in [4.78, 5) is 80.9. The minimum absolute atomic E-state index is 0.0630. The van der Waals surface area contributed by atoms with E-state index in [1.807, 2.05) is 48.6 Å². The molecule has 26 heteroatoms. The van der Waals surface area contributed by atoms with Crippen LogP contribution in [0.15, 0.2) is 97.1 Å². The van der Waals surface area contributed by atoms with Crippen LogP contribution in [-0.4, -0.2) is 155 Å². The first-order chi connectivity index (χ1) is 48.0. The van der Waals surface area contributed by atoms with Crippen molar-refractivity contribution in [2.75, 3.05) is 89.8 Å². The van der Waals surface area contributed by atoms with Crippen LogP contribution in [0.2, 0.25) is 10.0 Å². The highest BCUT2D eigenvalue weighted by atomic mass is 35.5. The van der Waals surface area contributed by atoms with Crippen LogP contribution in [0.5, 0.6) is 11.5 Å². The van der Waals surface area contributed by atoms with Gasteiger partial charge in [-0.15, -0.1) is 0 Å². The molecule has 100 heavy (non-hydrogen) atoms. The molecular formula is C74H90Cl2N4O18S2. The second kappa shape index (κ2) is 32.4. The van der Waals surface area contributed by atoms with Gasteiger partial charge >= 0.3 is 23.9 Å². The number of methoxy groups -OCH3 is 2. The number of carbonyl (C=O) groups is 6. The van der Waals surface area contributed by atoms with Gasteiger partial charge in [-0.25, -0.2) is 35.9 Å². The molecule has 2 spiro atoms. The van der Waals surface area contributed by atoms with Crippen molar-refractivity contribution in [3.8, 4) is 11.5 Å². The summed E-state index contributed by atoms with van der Waals surface area (Å²) >= 11 is 12.8. The average Bonchev–Trinajstić information content (AvgIpc) is 1.54. The van der Waals surface area contributed by atoms with Gasteiger partial charge in [-0.1, -0.05) is 59.6 Å². The first kappa shape index (κ1) is 74.0. The summed E-state index contributed by atoms with van der Waals surface area (Å²) in [5.74, 6) is -2.09. The highest BCUT2D eigenvalue weighted by Crippen LogP contribution is 2.50. The molecule has 22 nitrogen and oxygen atoms in total. The van der Waals surface area contributed by atoms with E-state index >= 15 is 0 Å². The fraction of sp³-hybridized carbons (Fsp3) is 0.541. The Hall–Kier alpha value is -7.22. The molecule has 2 N–H and O–H groups in total. The number of sulfonamides is 2. The molecule has 12 rings (SSSR count). The van der Waals surface area contributed by atoms with Crippen LogP contribution >= 0.6 is 23.2 Å². The predicted octanol–water partition coefficient (Wildman–Crippen LogP) is 10.3. The summed E-state index contributed by atoms with van der Waals surface area (Å²) < 4.78 is 104. The number of amides is 2. The standard InChI is InChI=1S/2C37H45ClN2O9S/c2*1-3-47-35(42)21-48-32-9-5-4-8-28(19-34(41)46-2)50(44,45)39-36(43)25-11-15-33-31(18-25)40(20-26-10-13-29(26)32)22-37(23-49-33)16-6-7-24-17-27(38)12-14-30(24)37/h2*5,9,11-12,14-15,17-18,26,28-29,32H,3-4,6-8,10,13,16,19-23H2,1-2H3,(H,39,43)/b2*9-5+/t26-,28+,29+,32-,37-;26-,28-,29+,32-,37-/m00/s1. The number of aryl methyl sites for hydroxylation is 2. The third-order valence-electron chi connectivity index (χ3n) is 21.3. The van der Waals surface area contributed by atoms with E-state index in [1.165, 1.54) is 36.5 Å². The van der Waals surface area contributed by atoms with Gasteiger partial charge in [0.2, 0.25) is 20.0 Å². The topological polar surface area (TPSA) is 275 Å². The second-order valence-corrected chi connectivity index (χ2v) is 32.3.